The lowest BCUT2D eigenvalue weighted by atomic mass is 9.83. The second-order valence-corrected chi connectivity index (χ2v) is 8.56. The Bertz CT molecular complexity index is 1060. The third kappa shape index (κ3) is 4.07. The number of carbonyl (C=O) groups is 2. The van der Waals surface area contributed by atoms with E-state index in [9.17, 15) is 9.59 Å². The van der Waals surface area contributed by atoms with Crippen molar-refractivity contribution >= 4 is 39.8 Å². The van der Waals surface area contributed by atoms with Gasteiger partial charge in [0.15, 0.2) is 0 Å². The van der Waals surface area contributed by atoms with Crippen LogP contribution in [-0.4, -0.2) is 19.0 Å². The summed E-state index contributed by atoms with van der Waals surface area (Å²) in [5, 5.41) is 3.93. The van der Waals surface area contributed by atoms with Crippen molar-refractivity contribution in [2.45, 2.75) is 25.2 Å². The van der Waals surface area contributed by atoms with Crippen molar-refractivity contribution in [3.05, 3.63) is 86.8 Å². The number of carbonyl (C=O) groups excluding carboxylic acids is 2. The summed E-state index contributed by atoms with van der Waals surface area (Å²) in [6.07, 6.45) is 2.59. The zero-order valence-corrected chi connectivity index (χ0v) is 17.5. The Labute approximate surface area is 178 Å². The highest BCUT2D eigenvalue weighted by molar-refractivity contribution is 7.17. The number of benzene rings is 2. The van der Waals surface area contributed by atoms with Crippen LogP contribution in [0.4, 0.5) is 5.00 Å². The first-order chi connectivity index (χ1) is 14.1. The van der Waals surface area contributed by atoms with Gasteiger partial charge in [0, 0.05) is 15.5 Å². The molecule has 1 aliphatic carbocycles. The van der Waals surface area contributed by atoms with Gasteiger partial charge in [-0.25, -0.2) is 4.79 Å². The van der Waals surface area contributed by atoms with E-state index in [2.05, 4.69) is 29.6 Å². The van der Waals surface area contributed by atoms with Crippen LogP contribution in [0.25, 0.3) is 0 Å². The van der Waals surface area contributed by atoms with E-state index in [1.807, 2.05) is 6.07 Å². The van der Waals surface area contributed by atoms with Gasteiger partial charge in [0.05, 0.1) is 12.7 Å². The van der Waals surface area contributed by atoms with Gasteiger partial charge in [-0.2, -0.15) is 0 Å². The Morgan fingerprint density at radius 1 is 1.14 bits per heavy atom. The summed E-state index contributed by atoms with van der Waals surface area (Å²) in [6, 6.07) is 17.1. The highest BCUT2D eigenvalue weighted by Gasteiger charge is 2.30. The minimum Gasteiger partial charge on any atom is -0.465 e. The number of ether oxygens (including phenoxy) is 1. The van der Waals surface area contributed by atoms with Gasteiger partial charge in [-0.15, -0.1) is 11.3 Å². The number of amides is 1. The highest BCUT2D eigenvalue weighted by Crippen LogP contribution is 2.42. The Kier molecular flexibility index (Phi) is 5.69. The fraction of sp³-hybridized carbons (Fsp3) is 0.217. The molecular weight excluding hydrogens is 406 g/mol. The molecule has 1 unspecified atom stereocenters. The van der Waals surface area contributed by atoms with E-state index >= 15 is 0 Å². The smallest absolute Gasteiger partial charge is 0.341 e. The number of halogens is 1. The summed E-state index contributed by atoms with van der Waals surface area (Å²) in [5.41, 5.74) is 3.22. The fourth-order valence-corrected chi connectivity index (χ4v) is 5.31. The Morgan fingerprint density at radius 3 is 2.66 bits per heavy atom. The standard InChI is InChI=1S/C23H20ClNO3S/c1-28-23(27)20-18-11-10-15(14-6-3-2-4-7-14)13-19(18)29-22(20)25-21(26)16-8-5-9-17(24)12-16/h2-9,12,15H,10-11,13H2,1H3,(H,25,26). The van der Waals surface area contributed by atoms with Crippen LogP contribution in [-0.2, 0) is 17.6 Å². The maximum Gasteiger partial charge on any atom is 0.341 e. The highest BCUT2D eigenvalue weighted by atomic mass is 35.5. The number of fused-ring (bicyclic) bond motifs is 1. The normalized spacial score (nSPS) is 15.4. The molecule has 0 aliphatic heterocycles. The minimum atomic E-state index is -0.415. The van der Waals surface area contributed by atoms with Gasteiger partial charge in [-0.1, -0.05) is 48.0 Å². The molecule has 0 radical (unpaired) electrons. The number of hydrogen-bond acceptors (Lipinski definition) is 4. The van der Waals surface area contributed by atoms with E-state index in [0.29, 0.717) is 27.1 Å². The van der Waals surface area contributed by atoms with E-state index in [0.717, 1.165) is 29.7 Å². The molecule has 1 heterocycles. The summed E-state index contributed by atoms with van der Waals surface area (Å²) >= 11 is 7.47. The Morgan fingerprint density at radius 2 is 1.93 bits per heavy atom. The lowest BCUT2D eigenvalue weighted by Gasteiger charge is -2.22. The first-order valence-electron chi connectivity index (χ1n) is 9.41. The van der Waals surface area contributed by atoms with Crippen molar-refractivity contribution in [2.75, 3.05) is 12.4 Å². The summed E-state index contributed by atoms with van der Waals surface area (Å²) < 4.78 is 5.01. The average molecular weight is 426 g/mol. The zero-order chi connectivity index (χ0) is 20.4. The lowest BCUT2D eigenvalue weighted by Crippen LogP contribution is -2.16. The Balaban J connectivity index is 1.65. The molecule has 1 amide bonds. The molecule has 4 rings (SSSR count). The van der Waals surface area contributed by atoms with E-state index in [1.54, 1.807) is 24.3 Å². The van der Waals surface area contributed by atoms with Crippen LogP contribution in [0.15, 0.2) is 54.6 Å². The molecule has 0 fully saturated rings. The number of hydrogen-bond donors (Lipinski definition) is 1. The van der Waals surface area contributed by atoms with Crippen LogP contribution in [0, 0.1) is 0 Å². The summed E-state index contributed by atoms with van der Waals surface area (Å²) in [7, 11) is 1.37. The molecule has 3 aromatic rings. The first kappa shape index (κ1) is 19.7. The third-order valence-corrected chi connectivity index (χ3v) is 6.64. The second kappa shape index (κ2) is 8.39. The summed E-state index contributed by atoms with van der Waals surface area (Å²) in [6.45, 7) is 0. The zero-order valence-electron chi connectivity index (χ0n) is 15.9. The van der Waals surface area contributed by atoms with Gasteiger partial charge >= 0.3 is 5.97 Å². The topological polar surface area (TPSA) is 55.4 Å². The third-order valence-electron chi connectivity index (χ3n) is 5.24. The molecule has 0 bridgehead atoms. The molecule has 0 saturated carbocycles. The van der Waals surface area contributed by atoms with Crippen LogP contribution < -0.4 is 5.32 Å². The van der Waals surface area contributed by atoms with Crippen molar-refractivity contribution in [3.8, 4) is 0 Å². The predicted molar refractivity (Wildman–Crippen MR) is 116 cm³/mol. The van der Waals surface area contributed by atoms with Crippen molar-refractivity contribution in [2.24, 2.45) is 0 Å². The average Bonchev–Trinajstić information content (AvgIpc) is 3.10. The quantitative estimate of drug-likeness (QED) is 0.544. The van der Waals surface area contributed by atoms with Gasteiger partial charge < -0.3 is 10.1 Å². The molecule has 2 aromatic carbocycles. The maximum atomic E-state index is 12.7. The fourth-order valence-electron chi connectivity index (χ4n) is 3.81. The van der Waals surface area contributed by atoms with Crippen LogP contribution in [0.3, 0.4) is 0 Å². The van der Waals surface area contributed by atoms with E-state index in [1.165, 1.54) is 24.0 Å². The molecule has 1 atom stereocenters. The van der Waals surface area contributed by atoms with Crippen LogP contribution in [0.2, 0.25) is 5.02 Å². The summed E-state index contributed by atoms with van der Waals surface area (Å²) in [4.78, 5) is 26.3. The number of thiophene rings is 1. The molecule has 1 aliphatic rings. The molecule has 6 heteroatoms. The van der Waals surface area contributed by atoms with Crippen molar-refractivity contribution in [1.82, 2.24) is 0 Å². The monoisotopic (exact) mass is 425 g/mol. The number of esters is 1. The van der Waals surface area contributed by atoms with E-state index in [-0.39, 0.29) is 5.91 Å². The van der Waals surface area contributed by atoms with E-state index < -0.39 is 5.97 Å². The van der Waals surface area contributed by atoms with Gasteiger partial charge in [0.25, 0.3) is 5.91 Å². The SMILES string of the molecule is COC(=O)c1c(NC(=O)c2cccc(Cl)c2)sc2c1CCC(c1ccccc1)C2. The van der Waals surface area contributed by atoms with Crippen LogP contribution in [0.5, 0.6) is 0 Å². The Hall–Kier alpha value is -2.63. The molecule has 1 N–H and O–H groups in total. The minimum absolute atomic E-state index is 0.296. The molecule has 148 valence electrons. The van der Waals surface area contributed by atoms with Crippen LogP contribution in [0.1, 0.15) is 49.1 Å². The lowest BCUT2D eigenvalue weighted by molar-refractivity contribution is 0.0601. The first-order valence-corrected chi connectivity index (χ1v) is 10.6. The largest absolute Gasteiger partial charge is 0.465 e. The molecule has 0 saturated heterocycles. The van der Waals surface area contributed by atoms with Gasteiger partial charge in [0.2, 0.25) is 0 Å². The number of nitrogens with one attached hydrogen (secondary N) is 1. The molecule has 1 aromatic heterocycles. The van der Waals surface area contributed by atoms with Crippen LogP contribution >= 0.6 is 22.9 Å². The molecule has 0 spiro atoms. The number of methoxy groups -OCH3 is 1. The molecule has 4 nitrogen and oxygen atoms in total. The number of anilines is 1. The second-order valence-electron chi connectivity index (χ2n) is 7.01. The van der Waals surface area contributed by atoms with Crippen molar-refractivity contribution in [3.63, 3.8) is 0 Å². The van der Waals surface area contributed by atoms with Crippen molar-refractivity contribution < 1.29 is 14.3 Å². The maximum absolute atomic E-state index is 12.7. The molecule has 29 heavy (non-hydrogen) atoms. The van der Waals surface area contributed by atoms with Crippen molar-refractivity contribution in [1.29, 1.82) is 0 Å². The molecular formula is C23H20ClNO3S. The number of rotatable bonds is 4. The van der Waals surface area contributed by atoms with E-state index in [4.69, 9.17) is 16.3 Å². The predicted octanol–water partition coefficient (Wildman–Crippen LogP) is 5.71. The summed E-state index contributed by atoms with van der Waals surface area (Å²) in [5.74, 6) is -0.303. The van der Waals surface area contributed by atoms with Gasteiger partial charge in [0.1, 0.15) is 5.00 Å². The van der Waals surface area contributed by atoms with Gasteiger partial charge in [-0.05, 0) is 54.5 Å². The van der Waals surface area contributed by atoms with Gasteiger partial charge in [-0.3, -0.25) is 4.79 Å².